The number of carbonyl (C=O) groups excluding carboxylic acids is 1. The van der Waals surface area contributed by atoms with E-state index < -0.39 is 12.0 Å². The average molecular weight is 467 g/mol. The van der Waals surface area contributed by atoms with Gasteiger partial charge in [-0.15, -0.1) is 0 Å². The van der Waals surface area contributed by atoms with Gasteiger partial charge in [0.05, 0.1) is 10.9 Å². The lowest BCUT2D eigenvalue weighted by molar-refractivity contribution is -0.118. The van der Waals surface area contributed by atoms with Crippen LogP contribution in [-0.4, -0.2) is 22.7 Å². The van der Waals surface area contributed by atoms with E-state index in [9.17, 15) is 13.6 Å². The Bertz CT molecular complexity index is 1070. The summed E-state index contributed by atoms with van der Waals surface area (Å²) in [5.41, 5.74) is 2.63. The number of aromatic amines is 1. The van der Waals surface area contributed by atoms with Gasteiger partial charge in [0.1, 0.15) is 9.45 Å². The molecule has 0 bridgehead atoms. The van der Waals surface area contributed by atoms with Crippen molar-refractivity contribution < 1.29 is 18.3 Å². The Morgan fingerprint density at radius 1 is 1.27 bits per heavy atom. The predicted molar refractivity (Wildman–Crippen MR) is 99.6 cm³/mol. The first-order valence-corrected chi connectivity index (χ1v) is 9.11. The Balaban J connectivity index is 1.55. The molecule has 2 heterocycles. The molecule has 5 nitrogen and oxygen atoms in total. The maximum atomic E-state index is 12.7. The first-order chi connectivity index (χ1) is 12.5. The number of hydrogen-bond donors (Lipinski definition) is 2. The number of alkyl halides is 2. The Morgan fingerprint density at radius 2 is 2.12 bits per heavy atom. The van der Waals surface area contributed by atoms with Crippen LogP contribution in [0.4, 0.5) is 14.5 Å². The van der Waals surface area contributed by atoms with Gasteiger partial charge in [0.15, 0.2) is 0 Å². The highest BCUT2D eigenvalue weighted by Crippen LogP contribution is 2.65. The van der Waals surface area contributed by atoms with E-state index in [0.717, 1.165) is 25.7 Å². The van der Waals surface area contributed by atoms with Crippen molar-refractivity contribution in [2.24, 2.45) is 0 Å². The van der Waals surface area contributed by atoms with E-state index in [0.29, 0.717) is 12.1 Å². The molecule has 26 heavy (non-hydrogen) atoms. The smallest absolute Gasteiger partial charge is 0.387 e. The number of halogens is 3. The van der Waals surface area contributed by atoms with Crippen LogP contribution in [0.15, 0.2) is 36.4 Å². The van der Waals surface area contributed by atoms with E-state index >= 15 is 0 Å². The van der Waals surface area contributed by atoms with Crippen LogP contribution in [-0.2, 0) is 10.2 Å². The largest absolute Gasteiger partial charge is 0.435 e. The summed E-state index contributed by atoms with van der Waals surface area (Å²) in [4.78, 5) is 12.7. The Kier molecular flexibility index (Phi) is 3.31. The summed E-state index contributed by atoms with van der Waals surface area (Å²) in [7, 11) is 0. The Labute approximate surface area is 160 Å². The summed E-state index contributed by atoms with van der Waals surface area (Å²) in [6, 6.07) is 10.6. The van der Waals surface area contributed by atoms with Crippen molar-refractivity contribution in [3.63, 3.8) is 0 Å². The third kappa shape index (κ3) is 2.17. The molecule has 2 N–H and O–H groups in total. The zero-order chi connectivity index (χ0) is 18.1. The van der Waals surface area contributed by atoms with Gasteiger partial charge in [0, 0.05) is 17.0 Å². The number of nitrogens with one attached hydrogen (secondary N) is 2. The van der Waals surface area contributed by atoms with Gasteiger partial charge in [0.25, 0.3) is 0 Å². The van der Waals surface area contributed by atoms with Crippen LogP contribution in [0.5, 0.6) is 5.75 Å². The monoisotopic (exact) mass is 467 g/mol. The Morgan fingerprint density at radius 3 is 2.92 bits per heavy atom. The van der Waals surface area contributed by atoms with Gasteiger partial charge in [-0.3, -0.25) is 9.89 Å². The fourth-order valence-corrected chi connectivity index (χ4v) is 4.56. The predicted octanol–water partition coefficient (Wildman–Crippen LogP) is 4.15. The number of anilines is 1. The molecule has 2 aliphatic rings. The third-order valence-corrected chi connectivity index (χ3v) is 6.08. The van der Waals surface area contributed by atoms with Gasteiger partial charge in [-0.05, 0) is 70.5 Å². The van der Waals surface area contributed by atoms with E-state index in [4.69, 9.17) is 0 Å². The number of aromatic nitrogens is 2. The molecule has 0 radical (unpaired) electrons. The number of amides is 1. The fourth-order valence-electron chi connectivity index (χ4n) is 3.97. The second-order valence-corrected chi connectivity index (χ2v) is 7.61. The maximum absolute atomic E-state index is 12.7. The molecule has 0 unspecified atom stereocenters. The highest BCUT2D eigenvalue weighted by atomic mass is 127. The summed E-state index contributed by atoms with van der Waals surface area (Å²) in [6.45, 7) is -2.89. The van der Waals surface area contributed by atoms with Crippen LogP contribution < -0.4 is 10.1 Å². The minimum absolute atomic E-state index is 0.00379. The molecule has 1 aliphatic carbocycles. The first kappa shape index (κ1) is 16.0. The lowest BCUT2D eigenvalue weighted by atomic mass is 9.91. The lowest BCUT2D eigenvalue weighted by Gasteiger charge is -2.11. The van der Waals surface area contributed by atoms with Crippen molar-refractivity contribution in [3.8, 4) is 5.75 Å². The van der Waals surface area contributed by atoms with Crippen LogP contribution >= 0.6 is 22.6 Å². The molecule has 0 saturated heterocycles. The van der Waals surface area contributed by atoms with Gasteiger partial charge in [0.2, 0.25) is 5.91 Å². The molecular weight excluding hydrogens is 455 g/mol. The van der Waals surface area contributed by atoms with Crippen molar-refractivity contribution in [1.29, 1.82) is 0 Å². The van der Waals surface area contributed by atoms with Crippen molar-refractivity contribution in [1.82, 2.24) is 10.2 Å². The summed E-state index contributed by atoms with van der Waals surface area (Å²) in [6.07, 6.45) is 0.640. The van der Waals surface area contributed by atoms with Gasteiger partial charge in [-0.25, -0.2) is 0 Å². The van der Waals surface area contributed by atoms with Crippen molar-refractivity contribution in [2.45, 2.75) is 24.4 Å². The second kappa shape index (κ2) is 5.38. The average Bonchev–Trinajstić information content (AvgIpc) is 3.18. The number of benzene rings is 2. The summed E-state index contributed by atoms with van der Waals surface area (Å²) in [5.74, 6) is -0.0271. The fraction of sp³-hybridized carbons (Fsp3) is 0.222. The lowest BCUT2D eigenvalue weighted by Crippen LogP contribution is -2.21. The molecule has 1 aromatic heterocycles. The standard InChI is InChI=1S/C18H12F2IN3O2/c19-17(20)26-9-2-4-13-11(6-9)18(16(25)22-13)7-12(18)8-1-3-10-14(5-8)23-24-15(10)21/h1-6,12,17H,7H2,(H,22,25)(H,23,24)/t12-,18-/m0/s1. The molecule has 8 heteroatoms. The molecule has 1 fully saturated rings. The molecule has 3 aromatic rings. The van der Waals surface area contributed by atoms with Crippen molar-refractivity contribution >= 4 is 45.1 Å². The molecule has 1 amide bonds. The van der Waals surface area contributed by atoms with Crippen LogP contribution in [0.2, 0.25) is 0 Å². The van der Waals surface area contributed by atoms with Crippen LogP contribution in [0.25, 0.3) is 10.9 Å². The molecule has 5 rings (SSSR count). The molecule has 1 aliphatic heterocycles. The number of nitrogens with zero attached hydrogens (tertiary/aromatic N) is 1. The molecular formula is C18H12F2IN3O2. The number of hydrogen-bond acceptors (Lipinski definition) is 3. The quantitative estimate of drug-likeness (QED) is 0.570. The van der Waals surface area contributed by atoms with Gasteiger partial charge >= 0.3 is 6.61 Å². The number of H-pyrrole nitrogens is 1. The van der Waals surface area contributed by atoms with E-state index in [1.165, 1.54) is 6.07 Å². The summed E-state index contributed by atoms with van der Waals surface area (Å²) < 4.78 is 30.5. The van der Waals surface area contributed by atoms with Gasteiger partial charge in [-0.1, -0.05) is 6.07 Å². The molecule has 2 aromatic carbocycles. The topological polar surface area (TPSA) is 67.0 Å². The minimum atomic E-state index is -2.89. The van der Waals surface area contributed by atoms with Crippen molar-refractivity contribution in [2.75, 3.05) is 5.32 Å². The number of fused-ring (bicyclic) bond motifs is 3. The number of rotatable bonds is 3. The third-order valence-electron chi connectivity index (χ3n) is 5.25. The van der Waals surface area contributed by atoms with E-state index in [1.54, 1.807) is 12.1 Å². The normalized spacial score (nSPS) is 23.5. The maximum Gasteiger partial charge on any atom is 0.387 e. The van der Waals surface area contributed by atoms with E-state index in [-0.39, 0.29) is 17.6 Å². The molecule has 2 atom stereocenters. The SMILES string of the molecule is O=C1Nc2ccc(OC(F)F)cc2[C@]12C[C@H]2c1ccc2c(I)n[nH]c2c1. The van der Waals surface area contributed by atoms with Crippen molar-refractivity contribution in [3.05, 3.63) is 51.2 Å². The zero-order valence-electron chi connectivity index (χ0n) is 13.2. The summed E-state index contributed by atoms with van der Waals surface area (Å²) in [5, 5.41) is 11.1. The van der Waals surface area contributed by atoms with Gasteiger partial charge < -0.3 is 10.1 Å². The first-order valence-electron chi connectivity index (χ1n) is 8.03. The second-order valence-electron chi connectivity index (χ2n) is 6.59. The number of carbonyl (C=O) groups is 1. The highest BCUT2D eigenvalue weighted by Gasteiger charge is 2.65. The van der Waals surface area contributed by atoms with Crippen LogP contribution in [0, 0.1) is 3.70 Å². The van der Waals surface area contributed by atoms with E-state index in [2.05, 4.69) is 42.8 Å². The van der Waals surface area contributed by atoms with Crippen LogP contribution in [0.3, 0.4) is 0 Å². The summed E-state index contributed by atoms with van der Waals surface area (Å²) >= 11 is 2.16. The van der Waals surface area contributed by atoms with Crippen LogP contribution in [0.1, 0.15) is 23.5 Å². The minimum Gasteiger partial charge on any atom is -0.435 e. The Hall–Kier alpha value is -2.23. The molecule has 1 spiro atoms. The van der Waals surface area contributed by atoms with Gasteiger partial charge in [-0.2, -0.15) is 13.9 Å². The highest BCUT2D eigenvalue weighted by molar-refractivity contribution is 14.1. The number of ether oxygens (including phenoxy) is 1. The molecule has 1 saturated carbocycles. The molecule has 132 valence electrons. The zero-order valence-corrected chi connectivity index (χ0v) is 15.4. The van der Waals surface area contributed by atoms with E-state index in [1.807, 2.05) is 18.2 Å².